The lowest BCUT2D eigenvalue weighted by molar-refractivity contribution is 0.270. The molecule has 12 heavy (non-hydrogen) atoms. The summed E-state index contributed by atoms with van der Waals surface area (Å²) in [4.78, 5) is 0. The third-order valence-corrected chi connectivity index (χ3v) is 2.91. The summed E-state index contributed by atoms with van der Waals surface area (Å²) >= 11 is -1.90. The Labute approximate surface area is 72.9 Å². The molecule has 2 rings (SSSR count). The zero-order valence-electron chi connectivity index (χ0n) is 6.51. The maximum Gasteiger partial charge on any atom is 0.205 e. The Morgan fingerprint density at radius 2 is 2.42 bits per heavy atom. The summed E-state index contributed by atoms with van der Waals surface area (Å²) in [6.07, 6.45) is 4.92. The maximum absolute atomic E-state index is 10.8. The fraction of sp³-hybridized carbons (Fsp3) is 0.571. The molecule has 0 bridgehead atoms. The van der Waals surface area contributed by atoms with Crippen LogP contribution in [0.2, 0.25) is 0 Å². The Bertz CT molecular complexity index is 306. The second-order valence-electron chi connectivity index (χ2n) is 2.95. The molecule has 1 heterocycles. The molecule has 0 aromatic carbocycles. The van der Waals surface area contributed by atoms with Crippen LogP contribution in [0.5, 0.6) is 0 Å². The van der Waals surface area contributed by atoms with E-state index in [0.717, 1.165) is 12.8 Å². The van der Waals surface area contributed by atoms with Crippen molar-refractivity contribution in [3.63, 3.8) is 0 Å². The molecule has 0 spiro atoms. The minimum atomic E-state index is -1.90. The highest BCUT2D eigenvalue weighted by molar-refractivity contribution is 7.79. The van der Waals surface area contributed by atoms with Gasteiger partial charge in [0.15, 0.2) is 5.03 Å². The second kappa shape index (κ2) is 2.99. The van der Waals surface area contributed by atoms with Gasteiger partial charge in [-0.3, -0.25) is 4.68 Å². The molecule has 1 aromatic heterocycles. The topological polar surface area (TPSA) is 55.1 Å². The van der Waals surface area contributed by atoms with E-state index in [1.165, 1.54) is 6.42 Å². The molecule has 5 heteroatoms. The van der Waals surface area contributed by atoms with Crippen molar-refractivity contribution in [2.45, 2.75) is 30.3 Å². The van der Waals surface area contributed by atoms with Gasteiger partial charge < -0.3 is 4.55 Å². The smallest absolute Gasteiger partial charge is 0.205 e. The third-order valence-electron chi connectivity index (χ3n) is 2.23. The highest BCUT2D eigenvalue weighted by atomic mass is 32.2. The van der Waals surface area contributed by atoms with Crippen LogP contribution in [-0.4, -0.2) is 18.5 Å². The largest absolute Gasteiger partial charge is 0.301 e. The lowest BCUT2D eigenvalue weighted by atomic mass is 9.93. The number of hydrogen-bond donors (Lipinski definition) is 1. The molecule has 1 saturated carbocycles. The molecule has 1 aromatic rings. The molecule has 0 radical (unpaired) electrons. The van der Waals surface area contributed by atoms with Gasteiger partial charge in [-0.05, 0) is 25.3 Å². The fourth-order valence-corrected chi connectivity index (χ4v) is 1.88. The molecule has 1 fully saturated rings. The number of aromatic nitrogens is 2. The summed E-state index contributed by atoms with van der Waals surface area (Å²) in [5, 5.41) is 4.44. The minimum absolute atomic E-state index is 0.353. The van der Waals surface area contributed by atoms with E-state index in [-0.39, 0.29) is 0 Å². The van der Waals surface area contributed by atoms with E-state index in [0.29, 0.717) is 11.1 Å². The second-order valence-corrected chi connectivity index (χ2v) is 3.86. The summed E-state index contributed by atoms with van der Waals surface area (Å²) in [5.74, 6) is 0. The highest BCUT2D eigenvalue weighted by Gasteiger charge is 2.23. The van der Waals surface area contributed by atoms with E-state index < -0.39 is 11.1 Å². The van der Waals surface area contributed by atoms with E-state index in [1.54, 1.807) is 16.9 Å². The molecule has 0 amide bonds. The van der Waals surface area contributed by atoms with E-state index in [2.05, 4.69) is 5.10 Å². The van der Waals surface area contributed by atoms with Crippen LogP contribution in [0, 0.1) is 0 Å². The molecular weight excluding hydrogens is 176 g/mol. The van der Waals surface area contributed by atoms with Crippen molar-refractivity contribution in [1.82, 2.24) is 9.78 Å². The molecule has 4 nitrogen and oxygen atoms in total. The van der Waals surface area contributed by atoms with Crippen molar-refractivity contribution in [1.29, 1.82) is 0 Å². The molecular formula is C7H10N2O2S. The Hall–Kier alpha value is -0.680. The van der Waals surface area contributed by atoms with Crippen molar-refractivity contribution in [3.05, 3.63) is 12.3 Å². The zero-order chi connectivity index (χ0) is 8.55. The van der Waals surface area contributed by atoms with Gasteiger partial charge in [-0.1, -0.05) is 0 Å². The average molecular weight is 186 g/mol. The van der Waals surface area contributed by atoms with Crippen LogP contribution in [0.15, 0.2) is 17.3 Å². The van der Waals surface area contributed by atoms with E-state index >= 15 is 0 Å². The summed E-state index contributed by atoms with van der Waals surface area (Å²) in [6, 6.07) is 1.94. The minimum Gasteiger partial charge on any atom is -0.301 e. The van der Waals surface area contributed by atoms with Gasteiger partial charge in [-0.15, -0.1) is 0 Å². The van der Waals surface area contributed by atoms with Gasteiger partial charge in [0.1, 0.15) is 0 Å². The number of nitrogens with zero attached hydrogens (tertiary/aromatic N) is 2. The normalized spacial score (nSPS) is 20.4. The maximum atomic E-state index is 10.8. The van der Waals surface area contributed by atoms with Crippen molar-refractivity contribution in [2.24, 2.45) is 0 Å². The van der Waals surface area contributed by atoms with Crippen LogP contribution in [0.1, 0.15) is 25.3 Å². The van der Waals surface area contributed by atoms with Gasteiger partial charge in [0.25, 0.3) is 0 Å². The predicted molar refractivity (Wildman–Crippen MR) is 44.2 cm³/mol. The predicted octanol–water partition coefficient (Wildman–Crippen LogP) is 1.19. The Balaban J connectivity index is 2.29. The fourth-order valence-electron chi connectivity index (χ4n) is 1.35. The van der Waals surface area contributed by atoms with Crippen molar-refractivity contribution in [2.75, 3.05) is 0 Å². The van der Waals surface area contributed by atoms with Crippen LogP contribution in [0.25, 0.3) is 0 Å². The summed E-state index contributed by atoms with van der Waals surface area (Å²) < 4.78 is 21.3. The Morgan fingerprint density at radius 3 is 2.92 bits per heavy atom. The Morgan fingerprint density at radius 1 is 1.67 bits per heavy atom. The first-order chi connectivity index (χ1) is 5.79. The molecule has 66 valence electrons. The lowest BCUT2D eigenvalue weighted by Gasteiger charge is -2.26. The summed E-state index contributed by atoms with van der Waals surface area (Å²) in [6.45, 7) is 0. The lowest BCUT2D eigenvalue weighted by Crippen LogP contribution is -2.20. The first-order valence-corrected chi connectivity index (χ1v) is 5.04. The first-order valence-electron chi connectivity index (χ1n) is 3.93. The molecule has 1 aliphatic carbocycles. The van der Waals surface area contributed by atoms with Crippen molar-refractivity contribution < 1.29 is 8.76 Å². The summed E-state index contributed by atoms with van der Waals surface area (Å²) in [7, 11) is 0. The van der Waals surface area contributed by atoms with Crippen LogP contribution < -0.4 is 0 Å². The SMILES string of the molecule is O=S(O)c1ccnn1C1CCC1. The standard InChI is InChI=1S/C7H10N2O2S/c10-12(11)7-4-5-8-9(7)6-2-1-3-6/h4-6H,1-3H2,(H,10,11). The monoisotopic (exact) mass is 186 g/mol. The molecule has 1 N–H and O–H groups in total. The molecule has 1 aliphatic rings. The third kappa shape index (κ3) is 1.19. The first kappa shape index (κ1) is 7.94. The molecule has 1 unspecified atom stereocenters. The quantitative estimate of drug-likeness (QED) is 0.706. The number of rotatable bonds is 2. The van der Waals surface area contributed by atoms with Crippen LogP contribution in [0.4, 0.5) is 0 Å². The van der Waals surface area contributed by atoms with Gasteiger partial charge in [-0.25, -0.2) is 4.21 Å². The number of hydrogen-bond acceptors (Lipinski definition) is 2. The molecule has 0 aliphatic heterocycles. The Kier molecular flexibility index (Phi) is 1.98. The van der Waals surface area contributed by atoms with Crippen LogP contribution >= 0.6 is 0 Å². The van der Waals surface area contributed by atoms with Crippen molar-refractivity contribution in [3.8, 4) is 0 Å². The van der Waals surface area contributed by atoms with E-state index in [9.17, 15) is 4.21 Å². The van der Waals surface area contributed by atoms with Gasteiger partial charge in [0.05, 0.1) is 12.2 Å². The van der Waals surface area contributed by atoms with Crippen LogP contribution in [0.3, 0.4) is 0 Å². The van der Waals surface area contributed by atoms with Gasteiger partial charge in [-0.2, -0.15) is 5.10 Å². The average Bonchev–Trinajstić information content (AvgIpc) is 2.31. The van der Waals surface area contributed by atoms with E-state index in [4.69, 9.17) is 4.55 Å². The van der Waals surface area contributed by atoms with Gasteiger partial charge in [0.2, 0.25) is 11.1 Å². The highest BCUT2D eigenvalue weighted by Crippen LogP contribution is 2.32. The van der Waals surface area contributed by atoms with Gasteiger partial charge >= 0.3 is 0 Å². The summed E-state index contributed by atoms with van der Waals surface area (Å²) in [5.41, 5.74) is 0. The van der Waals surface area contributed by atoms with Crippen molar-refractivity contribution >= 4 is 11.1 Å². The zero-order valence-corrected chi connectivity index (χ0v) is 7.33. The van der Waals surface area contributed by atoms with E-state index in [1.807, 2.05) is 0 Å². The molecule has 1 atom stereocenters. The van der Waals surface area contributed by atoms with Gasteiger partial charge in [0, 0.05) is 0 Å². The molecule has 0 saturated heterocycles. The van der Waals surface area contributed by atoms with Crippen LogP contribution in [-0.2, 0) is 11.1 Å².